The van der Waals surface area contributed by atoms with Crippen LogP contribution in [0.4, 0.5) is 0 Å². The SMILES string of the molecule is CCCCCC/C=C\C/C=C\CCCCCCCC(=O)OC(COCCC(C(=O)[O-])[N+](C)(C)C)COC(=O)CCC. The van der Waals surface area contributed by atoms with Crippen LogP contribution in [0.15, 0.2) is 24.3 Å². The fourth-order valence-electron chi connectivity index (χ4n) is 4.31. The number of nitrogens with zero attached hydrogens (tertiary/aromatic N) is 1. The van der Waals surface area contributed by atoms with Gasteiger partial charge in [-0.15, -0.1) is 0 Å². The standard InChI is InChI=1S/C33H59NO7/c1-6-8-9-10-11-12-13-14-15-16-17-18-19-20-21-22-24-32(36)41-29(28-40-31(35)23-7-2)27-39-26-25-30(33(37)38)34(3,4)5/h12-13,15-16,29-30H,6-11,14,17-28H2,1-5H3/b13-12-,16-15-. The van der Waals surface area contributed by atoms with Crippen LogP contribution in [0.2, 0.25) is 0 Å². The third kappa shape index (κ3) is 24.1. The number of quaternary nitrogens is 1. The second kappa shape index (κ2) is 25.5. The van der Waals surface area contributed by atoms with E-state index in [1.165, 1.54) is 32.1 Å². The largest absolute Gasteiger partial charge is 0.544 e. The maximum absolute atomic E-state index is 12.4. The Morgan fingerprint density at radius 1 is 0.732 bits per heavy atom. The van der Waals surface area contributed by atoms with Crippen molar-refractivity contribution in [3.63, 3.8) is 0 Å². The molecule has 0 spiro atoms. The molecular formula is C33H59NO7. The van der Waals surface area contributed by atoms with E-state index in [0.29, 0.717) is 19.3 Å². The maximum atomic E-state index is 12.4. The van der Waals surface area contributed by atoms with Crippen molar-refractivity contribution in [1.82, 2.24) is 0 Å². The zero-order valence-electron chi connectivity index (χ0n) is 26.7. The van der Waals surface area contributed by atoms with Crippen molar-refractivity contribution in [3.8, 4) is 0 Å². The smallest absolute Gasteiger partial charge is 0.306 e. The number of likely N-dealkylation sites (N-methyl/N-ethyl adjacent to an activating group) is 1. The van der Waals surface area contributed by atoms with Crippen LogP contribution >= 0.6 is 0 Å². The molecule has 0 radical (unpaired) electrons. The fourth-order valence-corrected chi connectivity index (χ4v) is 4.31. The monoisotopic (exact) mass is 581 g/mol. The Bertz CT molecular complexity index is 742. The number of aliphatic carboxylic acids is 1. The number of rotatable bonds is 27. The van der Waals surface area contributed by atoms with Crippen molar-refractivity contribution in [2.45, 2.75) is 129 Å². The topological polar surface area (TPSA) is 102 Å². The molecule has 0 aromatic carbocycles. The predicted molar refractivity (Wildman–Crippen MR) is 162 cm³/mol. The van der Waals surface area contributed by atoms with Crippen LogP contribution in [0.25, 0.3) is 0 Å². The number of allylic oxidation sites excluding steroid dienone is 4. The quantitative estimate of drug-likeness (QED) is 0.0533. The normalized spacial score (nSPS) is 13.5. The molecule has 0 heterocycles. The molecule has 0 saturated heterocycles. The fraction of sp³-hybridized carbons (Fsp3) is 0.788. The van der Waals surface area contributed by atoms with Crippen LogP contribution in [0.5, 0.6) is 0 Å². The van der Waals surface area contributed by atoms with Crippen molar-refractivity contribution in [1.29, 1.82) is 0 Å². The lowest BCUT2D eigenvalue weighted by Gasteiger charge is -2.34. The molecule has 0 aliphatic carbocycles. The molecule has 0 N–H and O–H groups in total. The lowest BCUT2D eigenvalue weighted by Crippen LogP contribution is -2.55. The summed E-state index contributed by atoms with van der Waals surface area (Å²) in [5.41, 5.74) is 0. The number of carbonyl (C=O) groups is 3. The highest BCUT2D eigenvalue weighted by atomic mass is 16.6. The maximum Gasteiger partial charge on any atom is 0.306 e. The minimum Gasteiger partial charge on any atom is -0.544 e. The van der Waals surface area contributed by atoms with Gasteiger partial charge in [0.15, 0.2) is 6.10 Å². The van der Waals surface area contributed by atoms with Gasteiger partial charge >= 0.3 is 11.9 Å². The molecule has 0 amide bonds. The molecule has 0 aliphatic rings. The first kappa shape index (κ1) is 38.8. The molecule has 0 saturated carbocycles. The van der Waals surface area contributed by atoms with Crippen molar-refractivity contribution >= 4 is 17.9 Å². The molecule has 8 heteroatoms. The third-order valence-corrected chi connectivity index (χ3v) is 6.81. The van der Waals surface area contributed by atoms with Crippen LogP contribution in [-0.4, -0.2) is 75.5 Å². The van der Waals surface area contributed by atoms with E-state index in [9.17, 15) is 19.5 Å². The molecule has 2 unspecified atom stereocenters. The van der Waals surface area contributed by atoms with Gasteiger partial charge in [0.2, 0.25) is 0 Å². The Morgan fingerprint density at radius 2 is 1.34 bits per heavy atom. The molecular weight excluding hydrogens is 522 g/mol. The summed E-state index contributed by atoms with van der Waals surface area (Å²) in [6.45, 7) is 4.24. The Morgan fingerprint density at radius 3 is 1.93 bits per heavy atom. The first-order chi connectivity index (χ1) is 19.6. The number of hydrogen-bond donors (Lipinski definition) is 0. The van der Waals surface area contributed by atoms with E-state index in [-0.39, 0.29) is 42.7 Å². The molecule has 0 aromatic rings. The van der Waals surface area contributed by atoms with Crippen molar-refractivity contribution in [2.75, 3.05) is 41.0 Å². The molecule has 0 aromatic heterocycles. The van der Waals surface area contributed by atoms with Gasteiger partial charge in [-0.1, -0.05) is 76.7 Å². The van der Waals surface area contributed by atoms with Gasteiger partial charge in [0.1, 0.15) is 12.6 Å². The minimum atomic E-state index is -1.13. The van der Waals surface area contributed by atoms with Crippen LogP contribution in [0.3, 0.4) is 0 Å². The number of carboxylic acid groups (broad SMARTS) is 1. The highest BCUT2D eigenvalue weighted by Crippen LogP contribution is 2.11. The summed E-state index contributed by atoms with van der Waals surface area (Å²) in [6.07, 6.45) is 23.4. The average molecular weight is 582 g/mol. The number of hydrogen-bond acceptors (Lipinski definition) is 7. The zero-order valence-corrected chi connectivity index (χ0v) is 26.7. The molecule has 0 aliphatic heterocycles. The minimum absolute atomic E-state index is 0.0321. The summed E-state index contributed by atoms with van der Waals surface area (Å²) in [5.74, 6) is -1.82. The molecule has 41 heavy (non-hydrogen) atoms. The summed E-state index contributed by atoms with van der Waals surface area (Å²) in [6, 6.07) is -0.721. The predicted octanol–water partition coefficient (Wildman–Crippen LogP) is 5.68. The number of esters is 2. The van der Waals surface area contributed by atoms with Gasteiger partial charge in [-0.3, -0.25) is 9.59 Å². The Balaban J connectivity index is 4.20. The summed E-state index contributed by atoms with van der Waals surface area (Å²) in [4.78, 5) is 35.6. The Hall–Kier alpha value is -2.19. The second-order valence-electron chi connectivity index (χ2n) is 11.7. The summed E-state index contributed by atoms with van der Waals surface area (Å²) in [7, 11) is 5.35. The van der Waals surface area contributed by atoms with Crippen LogP contribution in [-0.2, 0) is 28.6 Å². The first-order valence-electron chi connectivity index (χ1n) is 15.9. The zero-order chi connectivity index (χ0) is 30.8. The van der Waals surface area contributed by atoms with E-state index in [2.05, 4.69) is 31.2 Å². The highest BCUT2D eigenvalue weighted by Gasteiger charge is 2.25. The van der Waals surface area contributed by atoms with Gasteiger partial charge < -0.3 is 28.6 Å². The molecule has 0 bridgehead atoms. The van der Waals surface area contributed by atoms with Crippen molar-refractivity contribution in [2.24, 2.45) is 0 Å². The van der Waals surface area contributed by atoms with Crippen molar-refractivity contribution < 1.29 is 38.2 Å². The van der Waals surface area contributed by atoms with Gasteiger partial charge in [-0.05, 0) is 44.9 Å². The van der Waals surface area contributed by atoms with Gasteiger partial charge in [0.05, 0.1) is 40.3 Å². The number of unbranched alkanes of at least 4 members (excludes halogenated alkanes) is 9. The third-order valence-electron chi connectivity index (χ3n) is 6.81. The molecule has 0 rings (SSSR count). The Kier molecular flexibility index (Phi) is 24.2. The van der Waals surface area contributed by atoms with Crippen LogP contribution < -0.4 is 5.11 Å². The molecule has 8 nitrogen and oxygen atoms in total. The summed E-state index contributed by atoms with van der Waals surface area (Å²) < 4.78 is 16.6. The summed E-state index contributed by atoms with van der Waals surface area (Å²) in [5, 5.41) is 11.4. The van der Waals surface area contributed by atoms with Gasteiger partial charge in [0.25, 0.3) is 0 Å². The van der Waals surface area contributed by atoms with Crippen LogP contribution in [0, 0.1) is 0 Å². The van der Waals surface area contributed by atoms with Crippen molar-refractivity contribution in [3.05, 3.63) is 24.3 Å². The van der Waals surface area contributed by atoms with E-state index in [1.807, 2.05) is 6.92 Å². The highest BCUT2D eigenvalue weighted by molar-refractivity contribution is 5.70. The average Bonchev–Trinajstić information content (AvgIpc) is 2.90. The molecule has 0 fully saturated rings. The number of carbonyl (C=O) groups excluding carboxylic acids is 3. The van der Waals surface area contributed by atoms with Crippen LogP contribution in [0.1, 0.15) is 117 Å². The van der Waals surface area contributed by atoms with Gasteiger partial charge in [-0.25, -0.2) is 0 Å². The van der Waals surface area contributed by atoms with E-state index in [0.717, 1.165) is 44.9 Å². The second-order valence-corrected chi connectivity index (χ2v) is 11.7. The van der Waals surface area contributed by atoms with Gasteiger partial charge in [-0.2, -0.15) is 0 Å². The lowest BCUT2D eigenvalue weighted by molar-refractivity contribution is -0.889. The number of carboxylic acids is 1. The van der Waals surface area contributed by atoms with E-state index in [4.69, 9.17) is 14.2 Å². The summed E-state index contributed by atoms with van der Waals surface area (Å²) >= 11 is 0. The van der Waals surface area contributed by atoms with E-state index >= 15 is 0 Å². The van der Waals surface area contributed by atoms with E-state index in [1.54, 1.807) is 21.1 Å². The molecule has 2 atom stereocenters. The number of ether oxygens (including phenoxy) is 3. The van der Waals surface area contributed by atoms with E-state index < -0.39 is 18.1 Å². The molecule has 238 valence electrons. The first-order valence-corrected chi connectivity index (χ1v) is 15.9. The Labute approximate surface area is 250 Å². The van der Waals surface area contributed by atoms with Gasteiger partial charge in [0, 0.05) is 19.3 Å². The lowest BCUT2D eigenvalue weighted by atomic mass is 10.1.